The Morgan fingerprint density at radius 3 is 2.57 bits per heavy atom. The van der Waals surface area contributed by atoms with Gasteiger partial charge in [0.1, 0.15) is 6.10 Å². The van der Waals surface area contributed by atoms with Crippen molar-refractivity contribution in [1.82, 2.24) is 0 Å². The van der Waals surface area contributed by atoms with Gasteiger partial charge in [0.05, 0.1) is 31.5 Å². The molecule has 1 heterocycles. The molecule has 0 aromatic heterocycles. The third-order valence-corrected chi connectivity index (χ3v) is 2.23. The van der Waals surface area contributed by atoms with E-state index in [4.69, 9.17) is 14.7 Å². The summed E-state index contributed by atoms with van der Waals surface area (Å²) in [7, 11) is 0. The number of hydrogen-bond donors (Lipinski definition) is 0. The minimum Gasteiger partial charge on any atom is -0.376 e. The largest absolute Gasteiger partial charge is 0.376 e. The van der Waals surface area contributed by atoms with Crippen LogP contribution >= 0.6 is 0 Å². The Bertz CT molecular complexity index is 333. The van der Waals surface area contributed by atoms with Crippen LogP contribution in [-0.2, 0) is 9.47 Å². The maximum atomic E-state index is 8.63. The molecule has 1 aliphatic heterocycles. The van der Waals surface area contributed by atoms with Crippen molar-refractivity contribution in [3.8, 4) is 6.07 Å². The molecule has 1 aromatic carbocycles. The summed E-state index contributed by atoms with van der Waals surface area (Å²) in [4.78, 5) is 0. The number of ether oxygens (including phenoxy) is 2. The highest BCUT2D eigenvalue weighted by molar-refractivity contribution is 5.32. The Kier molecular flexibility index (Phi) is 2.78. The molecule has 1 saturated heterocycles. The van der Waals surface area contributed by atoms with Gasteiger partial charge in [0, 0.05) is 0 Å². The number of nitrogens with zero attached hydrogens (tertiary/aromatic N) is 1. The van der Waals surface area contributed by atoms with Crippen LogP contribution in [0.4, 0.5) is 0 Å². The number of hydrogen-bond acceptors (Lipinski definition) is 3. The number of benzene rings is 1. The Morgan fingerprint density at radius 2 is 2.00 bits per heavy atom. The first-order valence-corrected chi connectivity index (χ1v) is 4.59. The van der Waals surface area contributed by atoms with Gasteiger partial charge in [-0.05, 0) is 17.7 Å². The summed E-state index contributed by atoms with van der Waals surface area (Å²) in [5, 5.41) is 8.63. The van der Waals surface area contributed by atoms with Crippen LogP contribution in [0.25, 0.3) is 0 Å². The maximum absolute atomic E-state index is 8.63. The van der Waals surface area contributed by atoms with Gasteiger partial charge in [-0.3, -0.25) is 0 Å². The van der Waals surface area contributed by atoms with E-state index in [9.17, 15) is 0 Å². The Balaban J connectivity index is 2.12. The number of rotatable bonds is 1. The monoisotopic (exact) mass is 189 g/mol. The summed E-state index contributed by atoms with van der Waals surface area (Å²) in [6.45, 7) is 1.92. The van der Waals surface area contributed by atoms with Crippen molar-refractivity contribution in [3.63, 3.8) is 0 Å². The summed E-state index contributed by atoms with van der Waals surface area (Å²) in [5.41, 5.74) is 1.74. The molecule has 1 fully saturated rings. The fourth-order valence-electron chi connectivity index (χ4n) is 1.45. The van der Waals surface area contributed by atoms with E-state index < -0.39 is 0 Å². The minimum atomic E-state index is 0.0245. The molecule has 1 atom stereocenters. The first kappa shape index (κ1) is 9.20. The summed E-state index contributed by atoms with van der Waals surface area (Å²) in [5.74, 6) is 0. The van der Waals surface area contributed by atoms with Crippen LogP contribution in [-0.4, -0.2) is 19.8 Å². The Morgan fingerprint density at radius 1 is 1.21 bits per heavy atom. The predicted molar refractivity (Wildman–Crippen MR) is 50.7 cm³/mol. The lowest BCUT2D eigenvalue weighted by molar-refractivity contribution is -0.0901. The standard InChI is InChI=1S/C11H11NO2/c12-7-9-1-3-10(4-2-9)11-8-13-5-6-14-11/h1-4,11H,5-6,8H2. The van der Waals surface area contributed by atoms with Crippen molar-refractivity contribution in [2.45, 2.75) is 6.10 Å². The molecular weight excluding hydrogens is 178 g/mol. The van der Waals surface area contributed by atoms with Gasteiger partial charge in [0.15, 0.2) is 0 Å². The molecule has 0 spiro atoms. The average Bonchev–Trinajstić information content (AvgIpc) is 2.30. The van der Waals surface area contributed by atoms with E-state index in [1.54, 1.807) is 12.1 Å². The van der Waals surface area contributed by atoms with Crippen LogP contribution in [0.2, 0.25) is 0 Å². The predicted octanol–water partition coefficient (Wildman–Crippen LogP) is 1.65. The maximum Gasteiger partial charge on any atom is 0.106 e. The quantitative estimate of drug-likeness (QED) is 0.674. The second-order valence-corrected chi connectivity index (χ2v) is 3.17. The Labute approximate surface area is 82.9 Å². The minimum absolute atomic E-state index is 0.0245. The van der Waals surface area contributed by atoms with Crippen molar-refractivity contribution in [3.05, 3.63) is 35.4 Å². The lowest BCUT2D eigenvalue weighted by Crippen LogP contribution is -2.21. The molecule has 72 valence electrons. The van der Waals surface area contributed by atoms with Gasteiger partial charge in [-0.15, -0.1) is 0 Å². The highest BCUT2D eigenvalue weighted by atomic mass is 16.6. The van der Waals surface area contributed by atoms with Crippen molar-refractivity contribution >= 4 is 0 Å². The lowest BCUT2D eigenvalue weighted by atomic mass is 10.1. The van der Waals surface area contributed by atoms with E-state index in [1.807, 2.05) is 12.1 Å². The lowest BCUT2D eigenvalue weighted by Gasteiger charge is -2.23. The fraction of sp³-hybridized carbons (Fsp3) is 0.364. The molecule has 0 saturated carbocycles. The fourth-order valence-corrected chi connectivity index (χ4v) is 1.45. The van der Waals surface area contributed by atoms with Gasteiger partial charge in [0.2, 0.25) is 0 Å². The molecule has 0 aliphatic carbocycles. The van der Waals surface area contributed by atoms with E-state index in [2.05, 4.69) is 6.07 Å². The molecule has 3 nitrogen and oxygen atoms in total. The molecule has 0 N–H and O–H groups in total. The van der Waals surface area contributed by atoms with Crippen LogP contribution in [0.1, 0.15) is 17.2 Å². The number of nitriles is 1. The van der Waals surface area contributed by atoms with Crippen molar-refractivity contribution in [2.75, 3.05) is 19.8 Å². The van der Waals surface area contributed by atoms with Gasteiger partial charge in [-0.2, -0.15) is 5.26 Å². The van der Waals surface area contributed by atoms with Crippen LogP contribution in [0.15, 0.2) is 24.3 Å². The first-order chi connectivity index (χ1) is 6.90. The third kappa shape index (κ3) is 1.92. The molecule has 1 aliphatic rings. The zero-order chi connectivity index (χ0) is 9.80. The molecule has 0 bridgehead atoms. The van der Waals surface area contributed by atoms with Gasteiger partial charge in [-0.1, -0.05) is 12.1 Å². The zero-order valence-corrected chi connectivity index (χ0v) is 7.77. The van der Waals surface area contributed by atoms with E-state index in [-0.39, 0.29) is 6.10 Å². The van der Waals surface area contributed by atoms with Gasteiger partial charge >= 0.3 is 0 Å². The van der Waals surface area contributed by atoms with Crippen molar-refractivity contribution in [2.24, 2.45) is 0 Å². The van der Waals surface area contributed by atoms with E-state index in [1.165, 1.54) is 0 Å². The van der Waals surface area contributed by atoms with Crippen LogP contribution in [0, 0.1) is 11.3 Å². The molecule has 1 unspecified atom stereocenters. The van der Waals surface area contributed by atoms with E-state index >= 15 is 0 Å². The van der Waals surface area contributed by atoms with Gasteiger partial charge < -0.3 is 9.47 Å². The molecule has 0 amide bonds. The second-order valence-electron chi connectivity index (χ2n) is 3.17. The van der Waals surface area contributed by atoms with Gasteiger partial charge in [0.25, 0.3) is 0 Å². The smallest absolute Gasteiger partial charge is 0.106 e. The van der Waals surface area contributed by atoms with Crippen molar-refractivity contribution in [1.29, 1.82) is 5.26 Å². The topological polar surface area (TPSA) is 42.2 Å². The summed E-state index contributed by atoms with van der Waals surface area (Å²) in [6, 6.07) is 9.51. The van der Waals surface area contributed by atoms with Crippen LogP contribution in [0.3, 0.4) is 0 Å². The normalized spacial score (nSPS) is 21.5. The van der Waals surface area contributed by atoms with Crippen molar-refractivity contribution < 1.29 is 9.47 Å². The molecule has 14 heavy (non-hydrogen) atoms. The summed E-state index contributed by atoms with van der Waals surface area (Å²) >= 11 is 0. The molecule has 1 aromatic rings. The highest BCUT2D eigenvalue weighted by Crippen LogP contribution is 2.20. The Hall–Kier alpha value is -1.37. The molecular formula is C11H11NO2. The van der Waals surface area contributed by atoms with E-state index in [0.717, 1.165) is 5.56 Å². The second kappa shape index (κ2) is 4.23. The summed E-state index contributed by atoms with van der Waals surface area (Å²) < 4.78 is 10.8. The molecule has 2 rings (SSSR count). The zero-order valence-electron chi connectivity index (χ0n) is 7.77. The summed E-state index contributed by atoms with van der Waals surface area (Å²) in [6.07, 6.45) is 0.0245. The molecule has 0 radical (unpaired) electrons. The first-order valence-electron chi connectivity index (χ1n) is 4.59. The highest BCUT2D eigenvalue weighted by Gasteiger charge is 2.15. The molecule has 3 heteroatoms. The van der Waals surface area contributed by atoms with Gasteiger partial charge in [-0.25, -0.2) is 0 Å². The van der Waals surface area contributed by atoms with Crippen LogP contribution in [0.5, 0.6) is 0 Å². The van der Waals surface area contributed by atoms with Crippen LogP contribution < -0.4 is 0 Å². The third-order valence-electron chi connectivity index (χ3n) is 2.23. The SMILES string of the molecule is N#Cc1ccc(C2COCCO2)cc1. The average molecular weight is 189 g/mol. The van der Waals surface area contributed by atoms with E-state index in [0.29, 0.717) is 25.4 Å².